The summed E-state index contributed by atoms with van der Waals surface area (Å²) >= 11 is 0. The number of carboxylic acid groups (broad SMARTS) is 1. The molecule has 140 valence electrons. The molecular formula is C20H36NNaO3. The molecule has 0 rings (SSSR count). The Labute approximate surface area is 176 Å². The molecule has 0 aromatic heterocycles. The Bertz CT molecular complexity index is 346. The summed E-state index contributed by atoms with van der Waals surface area (Å²) in [7, 11) is 0. The van der Waals surface area contributed by atoms with E-state index in [2.05, 4.69) is 12.2 Å². The normalized spacial score (nSPS) is 10.6. The van der Waals surface area contributed by atoms with Crippen LogP contribution in [-0.2, 0) is 9.59 Å². The van der Waals surface area contributed by atoms with Crippen LogP contribution in [0.1, 0.15) is 96.8 Å². The van der Waals surface area contributed by atoms with Crippen molar-refractivity contribution in [2.75, 3.05) is 6.54 Å². The Morgan fingerprint density at radius 2 is 1.12 bits per heavy atom. The Balaban J connectivity index is 0. The van der Waals surface area contributed by atoms with Crippen LogP contribution in [0.25, 0.3) is 0 Å². The van der Waals surface area contributed by atoms with Gasteiger partial charge in [-0.1, -0.05) is 90.4 Å². The second-order valence-electron chi connectivity index (χ2n) is 6.54. The van der Waals surface area contributed by atoms with Gasteiger partial charge in [-0.3, -0.25) is 4.79 Å². The van der Waals surface area contributed by atoms with Gasteiger partial charge >= 0.3 is 29.6 Å². The van der Waals surface area contributed by atoms with E-state index in [9.17, 15) is 14.7 Å². The molecule has 25 heavy (non-hydrogen) atoms. The molecule has 0 aromatic rings. The van der Waals surface area contributed by atoms with Crippen molar-refractivity contribution in [3.05, 3.63) is 12.2 Å². The van der Waals surface area contributed by atoms with Gasteiger partial charge in [0.05, 0.1) is 5.97 Å². The maximum atomic E-state index is 11.2. The molecule has 1 amide bonds. The number of hydrogen-bond donors (Lipinski definition) is 1. The first-order valence-corrected chi connectivity index (χ1v) is 9.83. The van der Waals surface area contributed by atoms with Gasteiger partial charge in [-0.15, -0.1) is 0 Å². The Morgan fingerprint density at radius 3 is 1.52 bits per heavy atom. The zero-order valence-electron chi connectivity index (χ0n) is 16.5. The largest absolute Gasteiger partial charge is 1.00 e. The topological polar surface area (TPSA) is 69.2 Å². The molecule has 0 bridgehead atoms. The van der Waals surface area contributed by atoms with Crippen molar-refractivity contribution in [1.29, 1.82) is 0 Å². The summed E-state index contributed by atoms with van der Waals surface area (Å²) in [5.74, 6) is -1.71. The van der Waals surface area contributed by atoms with E-state index in [0.29, 0.717) is 6.54 Å². The van der Waals surface area contributed by atoms with Gasteiger partial charge in [0.1, 0.15) is 0 Å². The summed E-state index contributed by atoms with van der Waals surface area (Å²) in [6.45, 7) is 2.86. The van der Waals surface area contributed by atoms with E-state index < -0.39 is 5.97 Å². The maximum absolute atomic E-state index is 11.2. The predicted octanol–water partition coefficient (Wildman–Crippen LogP) is 0.894. The summed E-state index contributed by atoms with van der Waals surface area (Å²) < 4.78 is 0. The fourth-order valence-corrected chi connectivity index (χ4v) is 2.73. The number of carbonyl (C=O) groups excluding carboxylic acids is 2. The molecule has 1 N–H and O–H groups in total. The first-order valence-electron chi connectivity index (χ1n) is 9.83. The van der Waals surface area contributed by atoms with Gasteiger partial charge in [-0.05, 0) is 12.5 Å². The van der Waals surface area contributed by atoms with E-state index in [1.165, 1.54) is 77.0 Å². The molecule has 4 nitrogen and oxygen atoms in total. The third-order valence-electron chi connectivity index (χ3n) is 4.20. The number of hydrogen-bond acceptors (Lipinski definition) is 3. The maximum Gasteiger partial charge on any atom is 1.00 e. The fraction of sp³-hybridized carbons (Fsp3) is 0.800. The molecule has 0 aromatic carbocycles. The molecule has 0 saturated carbocycles. The van der Waals surface area contributed by atoms with Crippen LogP contribution in [0, 0.1) is 0 Å². The Morgan fingerprint density at radius 1 is 0.720 bits per heavy atom. The minimum atomic E-state index is -1.35. The minimum Gasteiger partial charge on any atom is -0.545 e. The van der Waals surface area contributed by atoms with Crippen LogP contribution in [0.15, 0.2) is 12.2 Å². The SMILES string of the molecule is CCCCCCCCCCCCCCCCNC(=O)/C=C\C(=O)[O-].[Na+]. The molecule has 0 saturated heterocycles. The van der Waals surface area contributed by atoms with Crippen LogP contribution in [0.4, 0.5) is 0 Å². The number of rotatable bonds is 17. The van der Waals surface area contributed by atoms with Gasteiger partial charge in [0, 0.05) is 12.6 Å². The quantitative estimate of drug-likeness (QED) is 0.238. The summed E-state index contributed by atoms with van der Waals surface area (Å²) in [5.41, 5.74) is 0. The van der Waals surface area contributed by atoms with E-state index in [0.717, 1.165) is 25.0 Å². The molecule has 0 radical (unpaired) electrons. The van der Waals surface area contributed by atoms with Crippen molar-refractivity contribution in [3.63, 3.8) is 0 Å². The van der Waals surface area contributed by atoms with Crippen LogP contribution < -0.4 is 40.0 Å². The van der Waals surface area contributed by atoms with Crippen molar-refractivity contribution in [2.24, 2.45) is 0 Å². The molecule has 0 atom stereocenters. The second kappa shape index (κ2) is 21.7. The number of carbonyl (C=O) groups is 2. The molecule has 0 heterocycles. The van der Waals surface area contributed by atoms with Crippen molar-refractivity contribution >= 4 is 11.9 Å². The first kappa shape index (κ1) is 26.9. The van der Waals surface area contributed by atoms with E-state index in [-0.39, 0.29) is 35.5 Å². The number of aliphatic carboxylic acids is 1. The number of amides is 1. The molecule has 5 heteroatoms. The molecular weight excluding hydrogens is 325 g/mol. The smallest absolute Gasteiger partial charge is 0.545 e. The molecule has 0 aliphatic heterocycles. The van der Waals surface area contributed by atoms with Gasteiger partial charge in [-0.25, -0.2) is 0 Å². The number of carboxylic acids is 1. The van der Waals surface area contributed by atoms with Crippen molar-refractivity contribution in [1.82, 2.24) is 5.32 Å². The Hall–Kier alpha value is -0.320. The first-order chi connectivity index (χ1) is 11.7. The zero-order valence-corrected chi connectivity index (χ0v) is 18.5. The van der Waals surface area contributed by atoms with E-state index in [4.69, 9.17) is 0 Å². The van der Waals surface area contributed by atoms with Crippen molar-refractivity contribution in [3.8, 4) is 0 Å². The molecule has 0 spiro atoms. The van der Waals surface area contributed by atoms with E-state index >= 15 is 0 Å². The summed E-state index contributed by atoms with van der Waals surface area (Å²) in [6.07, 6.45) is 20.0. The van der Waals surface area contributed by atoms with Gasteiger partial charge in [0.2, 0.25) is 5.91 Å². The average molecular weight is 362 g/mol. The molecule has 0 unspecified atom stereocenters. The van der Waals surface area contributed by atoms with Crippen LogP contribution >= 0.6 is 0 Å². The van der Waals surface area contributed by atoms with Gasteiger partial charge in [0.15, 0.2) is 0 Å². The Kier molecular flexibility index (Phi) is 23.4. The third kappa shape index (κ3) is 23.7. The number of nitrogens with one attached hydrogen (secondary N) is 1. The van der Waals surface area contributed by atoms with Gasteiger partial charge < -0.3 is 15.2 Å². The van der Waals surface area contributed by atoms with E-state index in [1.807, 2.05) is 0 Å². The zero-order chi connectivity index (χ0) is 17.9. The summed E-state index contributed by atoms with van der Waals surface area (Å²) in [6, 6.07) is 0. The van der Waals surface area contributed by atoms with E-state index in [1.54, 1.807) is 0 Å². The predicted molar refractivity (Wildman–Crippen MR) is 97.5 cm³/mol. The fourth-order valence-electron chi connectivity index (χ4n) is 2.73. The number of unbranched alkanes of at least 4 members (excludes halogenated alkanes) is 13. The second-order valence-corrected chi connectivity index (χ2v) is 6.54. The van der Waals surface area contributed by atoms with Gasteiger partial charge in [-0.2, -0.15) is 0 Å². The van der Waals surface area contributed by atoms with Crippen LogP contribution in [-0.4, -0.2) is 18.4 Å². The third-order valence-corrected chi connectivity index (χ3v) is 4.20. The summed E-state index contributed by atoms with van der Waals surface area (Å²) in [5, 5.41) is 12.8. The monoisotopic (exact) mass is 361 g/mol. The molecule has 0 aliphatic carbocycles. The van der Waals surface area contributed by atoms with Crippen molar-refractivity contribution in [2.45, 2.75) is 96.8 Å². The van der Waals surface area contributed by atoms with Gasteiger partial charge in [0.25, 0.3) is 0 Å². The minimum absolute atomic E-state index is 0. The van der Waals surface area contributed by atoms with Crippen molar-refractivity contribution < 1.29 is 44.3 Å². The molecule has 0 aliphatic rings. The van der Waals surface area contributed by atoms with Crippen LogP contribution in [0.3, 0.4) is 0 Å². The van der Waals surface area contributed by atoms with Crippen LogP contribution in [0.5, 0.6) is 0 Å². The average Bonchev–Trinajstić information content (AvgIpc) is 2.56. The standard InChI is InChI=1S/C20H37NO3.Na/c1-2-3-4-5-6-7-8-9-10-11-12-13-14-15-18-21-19(22)16-17-20(23)24;/h16-17H,2-15,18H2,1H3,(H,21,22)(H,23,24);/q;+1/p-1/b17-16-;. The van der Waals surface area contributed by atoms with Crippen LogP contribution in [0.2, 0.25) is 0 Å². The summed E-state index contributed by atoms with van der Waals surface area (Å²) in [4.78, 5) is 21.3. The molecule has 0 fully saturated rings.